The van der Waals surface area contributed by atoms with Crippen molar-refractivity contribution in [3.8, 4) is 5.75 Å². The topological polar surface area (TPSA) is 38.3 Å². The van der Waals surface area contributed by atoms with Gasteiger partial charge in [-0.1, -0.05) is 49.7 Å². The van der Waals surface area contributed by atoms with Crippen LogP contribution in [0.15, 0.2) is 42.5 Å². The van der Waals surface area contributed by atoms with E-state index in [0.29, 0.717) is 11.7 Å². The second kappa shape index (κ2) is 8.00. The summed E-state index contributed by atoms with van der Waals surface area (Å²) in [6.45, 7) is 10.4. The van der Waals surface area contributed by atoms with Gasteiger partial charge < -0.3 is 10.1 Å². The molecule has 24 heavy (non-hydrogen) atoms. The molecule has 0 heterocycles. The van der Waals surface area contributed by atoms with E-state index in [4.69, 9.17) is 4.74 Å². The third-order valence-corrected chi connectivity index (χ3v) is 4.20. The van der Waals surface area contributed by atoms with Gasteiger partial charge in [-0.3, -0.25) is 4.79 Å². The predicted octanol–water partition coefficient (Wildman–Crippen LogP) is 4.68. The van der Waals surface area contributed by atoms with Gasteiger partial charge in [-0.25, -0.2) is 0 Å². The van der Waals surface area contributed by atoms with Crippen LogP contribution in [0.1, 0.15) is 55.0 Å². The second-order valence-corrected chi connectivity index (χ2v) is 6.66. The number of aryl methyl sites for hydroxylation is 2. The van der Waals surface area contributed by atoms with Gasteiger partial charge in [-0.15, -0.1) is 0 Å². The van der Waals surface area contributed by atoms with E-state index >= 15 is 0 Å². The maximum Gasteiger partial charge on any atom is 0.258 e. The first-order valence-electron chi connectivity index (χ1n) is 8.46. The van der Waals surface area contributed by atoms with E-state index in [1.807, 2.05) is 31.2 Å². The van der Waals surface area contributed by atoms with Crippen molar-refractivity contribution in [2.24, 2.45) is 0 Å². The van der Waals surface area contributed by atoms with Crippen molar-refractivity contribution >= 4 is 5.91 Å². The first kappa shape index (κ1) is 18.1. The summed E-state index contributed by atoms with van der Waals surface area (Å²) in [5.41, 5.74) is 4.77. The summed E-state index contributed by atoms with van der Waals surface area (Å²) >= 11 is 0. The molecule has 2 rings (SSSR count). The molecular formula is C21H27NO2. The number of hydrogen-bond acceptors (Lipinski definition) is 2. The minimum Gasteiger partial charge on any atom is -0.484 e. The summed E-state index contributed by atoms with van der Waals surface area (Å²) in [5.74, 6) is 1.09. The van der Waals surface area contributed by atoms with Crippen LogP contribution in [0.25, 0.3) is 0 Å². The molecule has 0 saturated carbocycles. The Bertz CT molecular complexity index is 689. The minimum absolute atomic E-state index is 0.0240. The lowest BCUT2D eigenvalue weighted by Crippen LogP contribution is -2.31. The zero-order valence-electron chi connectivity index (χ0n) is 15.2. The average molecular weight is 325 g/mol. The summed E-state index contributed by atoms with van der Waals surface area (Å²) in [5, 5.41) is 3.00. The van der Waals surface area contributed by atoms with Crippen LogP contribution in [0.3, 0.4) is 0 Å². The van der Waals surface area contributed by atoms with Gasteiger partial charge in [-0.05, 0) is 55.5 Å². The van der Waals surface area contributed by atoms with Gasteiger partial charge >= 0.3 is 0 Å². The van der Waals surface area contributed by atoms with Crippen molar-refractivity contribution in [3.05, 3.63) is 64.7 Å². The van der Waals surface area contributed by atoms with Crippen LogP contribution in [0.4, 0.5) is 0 Å². The SMILES string of the molecule is Cc1ccc(C)c([C@@H](C)NC(=O)COc2ccc(C(C)C)cc2)c1. The summed E-state index contributed by atoms with van der Waals surface area (Å²) in [4.78, 5) is 12.1. The summed E-state index contributed by atoms with van der Waals surface area (Å²) in [7, 11) is 0. The average Bonchev–Trinajstić information content (AvgIpc) is 2.55. The van der Waals surface area contributed by atoms with Crippen LogP contribution in [-0.4, -0.2) is 12.5 Å². The number of amides is 1. The lowest BCUT2D eigenvalue weighted by molar-refractivity contribution is -0.123. The largest absolute Gasteiger partial charge is 0.484 e. The standard InChI is InChI=1S/C21H27NO2/c1-14(2)18-8-10-19(11-9-18)24-13-21(23)22-17(5)20-12-15(3)6-7-16(20)4/h6-12,14,17H,13H2,1-5H3,(H,22,23)/t17-/m1/s1. The van der Waals surface area contributed by atoms with Crippen molar-refractivity contribution in [1.82, 2.24) is 5.32 Å². The van der Waals surface area contributed by atoms with Crippen LogP contribution >= 0.6 is 0 Å². The molecule has 0 aliphatic rings. The maximum atomic E-state index is 12.1. The highest BCUT2D eigenvalue weighted by Gasteiger charge is 2.12. The van der Waals surface area contributed by atoms with E-state index in [1.54, 1.807) is 0 Å². The van der Waals surface area contributed by atoms with E-state index in [0.717, 1.165) is 5.56 Å². The number of hydrogen-bond donors (Lipinski definition) is 1. The summed E-state index contributed by atoms with van der Waals surface area (Å²) in [6.07, 6.45) is 0. The number of nitrogens with one attached hydrogen (secondary N) is 1. The van der Waals surface area contributed by atoms with Gasteiger partial charge in [0, 0.05) is 0 Å². The van der Waals surface area contributed by atoms with Gasteiger partial charge in [0.25, 0.3) is 5.91 Å². The molecule has 0 fully saturated rings. The van der Waals surface area contributed by atoms with E-state index in [1.165, 1.54) is 16.7 Å². The molecule has 0 spiro atoms. The Hall–Kier alpha value is -2.29. The predicted molar refractivity (Wildman–Crippen MR) is 98.5 cm³/mol. The molecule has 2 aromatic rings. The third-order valence-electron chi connectivity index (χ3n) is 4.20. The second-order valence-electron chi connectivity index (χ2n) is 6.66. The lowest BCUT2D eigenvalue weighted by atomic mass is 10.00. The highest BCUT2D eigenvalue weighted by atomic mass is 16.5. The zero-order valence-corrected chi connectivity index (χ0v) is 15.2. The smallest absolute Gasteiger partial charge is 0.258 e. The normalized spacial score (nSPS) is 12.1. The van der Waals surface area contributed by atoms with Gasteiger partial charge in [0.05, 0.1) is 6.04 Å². The third kappa shape index (κ3) is 4.85. The highest BCUT2D eigenvalue weighted by molar-refractivity contribution is 5.78. The fourth-order valence-corrected chi connectivity index (χ4v) is 2.69. The Kier molecular flexibility index (Phi) is 6.02. The molecule has 128 valence electrons. The van der Waals surface area contributed by atoms with E-state index in [9.17, 15) is 4.79 Å². The van der Waals surface area contributed by atoms with E-state index in [-0.39, 0.29) is 18.6 Å². The quantitative estimate of drug-likeness (QED) is 0.837. The molecule has 1 atom stereocenters. The molecule has 0 bridgehead atoms. The van der Waals surface area contributed by atoms with Gasteiger partial charge in [0.15, 0.2) is 6.61 Å². The van der Waals surface area contributed by atoms with Gasteiger partial charge in [0.2, 0.25) is 0 Å². The molecule has 0 aromatic heterocycles. The number of carbonyl (C=O) groups excluding carboxylic acids is 1. The fraction of sp³-hybridized carbons (Fsp3) is 0.381. The molecule has 0 unspecified atom stereocenters. The maximum absolute atomic E-state index is 12.1. The Morgan fingerprint density at radius 2 is 1.71 bits per heavy atom. The number of carbonyl (C=O) groups is 1. The molecule has 0 aliphatic heterocycles. The minimum atomic E-state index is -0.114. The van der Waals surface area contributed by atoms with Crippen LogP contribution in [0.2, 0.25) is 0 Å². The van der Waals surface area contributed by atoms with Crippen LogP contribution in [0.5, 0.6) is 5.75 Å². The highest BCUT2D eigenvalue weighted by Crippen LogP contribution is 2.20. The fourth-order valence-electron chi connectivity index (χ4n) is 2.69. The van der Waals surface area contributed by atoms with Crippen LogP contribution in [-0.2, 0) is 4.79 Å². The number of ether oxygens (including phenoxy) is 1. The van der Waals surface area contributed by atoms with Gasteiger partial charge in [-0.2, -0.15) is 0 Å². The first-order valence-corrected chi connectivity index (χ1v) is 8.46. The molecule has 3 heteroatoms. The molecule has 0 aliphatic carbocycles. The molecular weight excluding hydrogens is 298 g/mol. The Morgan fingerprint density at radius 3 is 2.33 bits per heavy atom. The molecule has 2 aromatic carbocycles. The van der Waals surface area contributed by atoms with Crippen molar-refractivity contribution in [2.75, 3.05) is 6.61 Å². The zero-order chi connectivity index (χ0) is 17.7. The Balaban J connectivity index is 1.89. The monoisotopic (exact) mass is 325 g/mol. The number of rotatable bonds is 6. The first-order chi connectivity index (χ1) is 11.4. The lowest BCUT2D eigenvalue weighted by Gasteiger charge is -2.17. The van der Waals surface area contributed by atoms with Crippen molar-refractivity contribution in [3.63, 3.8) is 0 Å². The molecule has 1 amide bonds. The van der Waals surface area contributed by atoms with Crippen LogP contribution in [0, 0.1) is 13.8 Å². The molecule has 0 saturated heterocycles. The van der Waals surface area contributed by atoms with E-state index < -0.39 is 0 Å². The molecule has 3 nitrogen and oxygen atoms in total. The van der Waals surface area contributed by atoms with Gasteiger partial charge in [0.1, 0.15) is 5.75 Å². The Morgan fingerprint density at radius 1 is 1.04 bits per heavy atom. The van der Waals surface area contributed by atoms with Crippen LogP contribution < -0.4 is 10.1 Å². The Labute approximate surface area is 145 Å². The van der Waals surface area contributed by atoms with Crippen molar-refractivity contribution < 1.29 is 9.53 Å². The van der Waals surface area contributed by atoms with Crippen molar-refractivity contribution in [1.29, 1.82) is 0 Å². The summed E-state index contributed by atoms with van der Waals surface area (Å²) in [6, 6.07) is 14.1. The van der Waals surface area contributed by atoms with Crippen molar-refractivity contribution in [2.45, 2.75) is 46.6 Å². The number of benzene rings is 2. The summed E-state index contributed by atoms with van der Waals surface area (Å²) < 4.78 is 5.58. The molecule has 0 radical (unpaired) electrons. The molecule has 1 N–H and O–H groups in total. The van der Waals surface area contributed by atoms with E-state index in [2.05, 4.69) is 51.2 Å².